The Morgan fingerprint density at radius 2 is 1.84 bits per heavy atom. The van der Waals surface area contributed by atoms with Crippen molar-refractivity contribution in [3.8, 4) is 17.6 Å². The molecule has 6 rings (SSSR count). The molecule has 1 N–H and O–H groups in total. The van der Waals surface area contributed by atoms with Crippen molar-refractivity contribution in [3.05, 3.63) is 88.0 Å². The molecular formula is C33H30ClF3N4O4. The van der Waals surface area contributed by atoms with Gasteiger partial charge < -0.3 is 19.1 Å². The summed E-state index contributed by atoms with van der Waals surface area (Å²) in [6.45, 7) is 2.02. The highest BCUT2D eigenvalue weighted by atomic mass is 35.5. The van der Waals surface area contributed by atoms with Crippen LogP contribution in [0.1, 0.15) is 53.8 Å². The maximum Gasteiger partial charge on any atom is 0.335 e. The zero-order valence-corrected chi connectivity index (χ0v) is 25.0. The number of carboxylic acid groups (broad SMARTS) is 1. The quantitative estimate of drug-likeness (QED) is 0.187. The van der Waals surface area contributed by atoms with E-state index in [0.29, 0.717) is 62.5 Å². The van der Waals surface area contributed by atoms with Crippen LogP contribution in [0.15, 0.2) is 48.5 Å². The molecule has 2 aliphatic rings. The second-order valence-corrected chi connectivity index (χ2v) is 12.2. The Kier molecular flexibility index (Phi) is 8.62. The molecule has 2 heterocycles. The number of nitrogens with zero attached hydrogens (tertiary/aromatic N) is 4. The summed E-state index contributed by atoms with van der Waals surface area (Å²) in [5.74, 6) is -2.05. The van der Waals surface area contributed by atoms with E-state index in [1.165, 1.54) is 42.5 Å². The second kappa shape index (κ2) is 12.6. The molecule has 2 fully saturated rings. The summed E-state index contributed by atoms with van der Waals surface area (Å²) in [6, 6.07) is 13.1. The third-order valence-corrected chi connectivity index (χ3v) is 8.78. The number of rotatable bonds is 11. The summed E-state index contributed by atoms with van der Waals surface area (Å²) in [5, 5.41) is 19.1. The highest BCUT2D eigenvalue weighted by molar-refractivity contribution is 6.30. The van der Waals surface area contributed by atoms with E-state index in [-0.39, 0.29) is 45.5 Å². The number of fused-ring (bicyclic) bond motifs is 1. The Balaban J connectivity index is 1.12. The molecule has 3 aromatic carbocycles. The van der Waals surface area contributed by atoms with E-state index in [9.17, 15) is 28.3 Å². The van der Waals surface area contributed by atoms with Gasteiger partial charge in [-0.1, -0.05) is 17.7 Å². The van der Waals surface area contributed by atoms with Crippen molar-refractivity contribution in [2.24, 2.45) is 5.41 Å². The lowest BCUT2D eigenvalue weighted by Crippen LogP contribution is -2.38. The predicted octanol–water partition coefficient (Wildman–Crippen LogP) is 7.12. The molecule has 1 saturated carbocycles. The zero-order valence-electron chi connectivity index (χ0n) is 24.2. The van der Waals surface area contributed by atoms with Gasteiger partial charge in [0.1, 0.15) is 35.6 Å². The van der Waals surface area contributed by atoms with E-state index in [4.69, 9.17) is 21.1 Å². The predicted molar refractivity (Wildman–Crippen MR) is 160 cm³/mol. The number of likely N-dealkylation sites (tertiary alicyclic amines) is 1. The minimum atomic E-state index is -1.22. The normalized spacial score (nSPS) is 16.4. The van der Waals surface area contributed by atoms with Crippen molar-refractivity contribution in [2.75, 3.05) is 13.1 Å². The van der Waals surface area contributed by atoms with Gasteiger partial charge in [-0.2, -0.15) is 5.26 Å². The van der Waals surface area contributed by atoms with E-state index >= 15 is 0 Å². The number of piperidine rings is 1. The number of aromatic carboxylic acids is 1. The maximum absolute atomic E-state index is 15.0. The van der Waals surface area contributed by atoms with Gasteiger partial charge in [-0.3, -0.25) is 4.90 Å². The molecule has 0 radical (unpaired) electrons. The standard InChI is InChI=1S/C33H30ClF3N4O4/c34-22-2-1-20(26(36)15-22)18-44-29-16-24(3-4-25(29)35)45-23-5-11-40(12-6-23)17-30-39-31-27(37)13-21(32(42)43)14-28(31)41(30)19-33(7-8-33)9-10-38/h1-4,13-16,23H,5-9,11-12,17-19H2,(H,42,43). The molecule has 0 amide bonds. The number of halogens is 4. The number of nitriles is 1. The Bertz CT molecular complexity index is 1800. The number of ether oxygens (including phenoxy) is 2. The molecule has 8 nitrogen and oxygen atoms in total. The highest BCUT2D eigenvalue weighted by Gasteiger charge is 2.43. The molecule has 0 spiro atoms. The average Bonchev–Trinajstić information content (AvgIpc) is 3.68. The van der Waals surface area contributed by atoms with Crippen molar-refractivity contribution in [1.29, 1.82) is 5.26 Å². The Labute approximate surface area is 262 Å². The van der Waals surface area contributed by atoms with Crippen molar-refractivity contribution < 1.29 is 32.5 Å². The summed E-state index contributed by atoms with van der Waals surface area (Å²) in [5.41, 5.74) is 0.414. The molecular weight excluding hydrogens is 609 g/mol. The van der Waals surface area contributed by atoms with Gasteiger partial charge in [0.2, 0.25) is 0 Å². The molecule has 0 bridgehead atoms. The van der Waals surface area contributed by atoms with Crippen LogP contribution in [0.4, 0.5) is 13.2 Å². The molecule has 0 atom stereocenters. The van der Waals surface area contributed by atoms with Crippen LogP contribution in [0, 0.1) is 34.2 Å². The third-order valence-electron chi connectivity index (χ3n) is 8.54. The number of carboxylic acids is 1. The van der Waals surface area contributed by atoms with E-state index in [1.807, 2.05) is 4.57 Å². The largest absolute Gasteiger partial charge is 0.490 e. The lowest BCUT2D eigenvalue weighted by atomic mass is 10.0. The summed E-state index contributed by atoms with van der Waals surface area (Å²) in [7, 11) is 0. The van der Waals surface area contributed by atoms with Crippen molar-refractivity contribution in [1.82, 2.24) is 14.5 Å². The number of hydrogen-bond donors (Lipinski definition) is 1. The Morgan fingerprint density at radius 3 is 2.53 bits per heavy atom. The monoisotopic (exact) mass is 638 g/mol. The minimum Gasteiger partial charge on any atom is -0.490 e. The number of benzene rings is 3. The number of hydrogen-bond acceptors (Lipinski definition) is 6. The van der Waals surface area contributed by atoms with Gasteiger partial charge in [-0.25, -0.2) is 22.9 Å². The van der Waals surface area contributed by atoms with Crippen LogP contribution >= 0.6 is 11.6 Å². The van der Waals surface area contributed by atoms with Gasteiger partial charge in [0.05, 0.1) is 23.7 Å². The first-order valence-electron chi connectivity index (χ1n) is 14.7. The molecule has 1 aliphatic heterocycles. The fourth-order valence-corrected chi connectivity index (χ4v) is 5.92. The molecule has 1 saturated heterocycles. The van der Waals surface area contributed by atoms with Crippen LogP contribution in [0.2, 0.25) is 5.02 Å². The minimum absolute atomic E-state index is 0.0543. The number of aromatic nitrogens is 2. The van der Waals surface area contributed by atoms with E-state index in [0.717, 1.165) is 18.9 Å². The third kappa shape index (κ3) is 6.87. The molecule has 4 aromatic rings. The van der Waals surface area contributed by atoms with Crippen LogP contribution in [0.5, 0.6) is 11.5 Å². The lowest BCUT2D eigenvalue weighted by Gasteiger charge is -2.32. The zero-order chi connectivity index (χ0) is 31.7. The highest BCUT2D eigenvalue weighted by Crippen LogP contribution is 2.50. The molecule has 0 unspecified atom stereocenters. The van der Waals surface area contributed by atoms with Crippen LogP contribution in [0.3, 0.4) is 0 Å². The lowest BCUT2D eigenvalue weighted by molar-refractivity contribution is 0.0696. The number of imidazole rings is 1. The molecule has 234 valence electrons. The van der Waals surface area contributed by atoms with E-state index < -0.39 is 23.4 Å². The Hall–Kier alpha value is -4.27. The van der Waals surface area contributed by atoms with Gasteiger partial charge >= 0.3 is 5.97 Å². The van der Waals surface area contributed by atoms with Crippen molar-refractivity contribution in [3.63, 3.8) is 0 Å². The van der Waals surface area contributed by atoms with Gasteiger partial charge in [-0.05, 0) is 62.1 Å². The van der Waals surface area contributed by atoms with Crippen LogP contribution in [0.25, 0.3) is 11.0 Å². The van der Waals surface area contributed by atoms with Crippen molar-refractivity contribution >= 4 is 28.6 Å². The van der Waals surface area contributed by atoms with Crippen molar-refractivity contribution in [2.45, 2.75) is 57.9 Å². The summed E-state index contributed by atoms with van der Waals surface area (Å²) in [6.07, 6.45) is 3.30. The fraction of sp³-hybridized carbons (Fsp3) is 0.364. The molecule has 45 heavy (non-hydrogen) atoms. The first-order valence-corrected chi connectivity index (χ1v) is 15.0. The fourth-order valence-electron chi connectivity index (χ4n) is 5.76. The van der Waals surface area contributed by atoms with Crippen LogP contribution in [-0.2, 0) is 19.7 Å². The average molecular weight is 639 g/mol. The summed E-state index contributed by atoms with van der Waals surface area (Å²) in [4.78, 5) is 18.4. The smallest absolute Gasteiger partial charge is 0.335 e. The molecule has 1 aliphatic carbocycles. The van der Waals surface area contributed by atoms with Crippen LogP contribution < -0.4 is 9.47 Å². The first-order chi connectivity index (χ1) is 21.6. The number of carbonyl (C=O) groups is 1. The van der Waals surface area contributed by atoms with Gasteiger partial charge in [0.25, 0.3) is 0 Å². The second-order valence-electron chi connectivity index (χ2n) is 11.8. The van der Waals surface area contributed by atoms with Gasteiger partial charge in [0.15, 0.2) is 17.4 Å². The molecule has 1 aromatic heterocycles. The summed E-state index contributed by atoms with van der Waals surface area (Å²) < 4.78 is 57.1. The van der Waals surface area contributed by atoms with E-state index in [1.54, 1.807) is 0 Å². The molecule has 12 heteroatoms. The maximum atomic E-state index is 15.0. The summed E-state index contributed by atoms with van der Waals surface area (Å²) >= 11 is 5.80. The topological polar surface area (TPSA) is 101 Å². The van der Waals surface area contributed by atoms with Crippen LogP contribution in [-0.4, -0.2) is 44.7 Å². The van der Waals surface area contributed by atoms with E-state index in [2.05, 4.69) is 16.0 Å². The van der Waals surface area contributed by atoms with Gasteiger partial charge in [0, 0.05) is 48.1 Å². The SMILES string of the molecule is N#CCC1(Cn2c(CN3CCC(Oc4ccc(F)c(OCc5ccc(Cl)cc5F)c4)CC3)nc3c(F)cc(C(=O)O)cc32)CC1. The Morgan fingerprint density at radius 1 is 1.07 bits per heavy atom. The van der Waals surface area contributed by atoms with Gasteiger partial charge in [-0.15, -0.1) is 0 Å². The first kappa shape index (κ1) is 30.7.